The van der Waals surface area contributed by atoms with Gasteiger partial charge in [0, 0.05) is 18.0 Å². The standard InChI is InChI=1S/C18H18N6O/c1-20-15(11-25)22-18(19)24-17-13-9-5-6-10-14(13)21-16(23-17)12-7-3-2-4-8-12/h2-10,25H,11H2,1H3,(H3,19,20,21,22,23,24). The normalized spacial score (nSPS) is 12.4. The molecule has 7 heteroatoms. The van der Waals surface area contributed by atoms with Gasteiger partial charge in [0.05, 0.1) is 5.52 Å². The zero-order valence-corrected chi connectivity index (χ0v) is 13.7. The van der Waals surface area contributed by atoms with Crippen LogP contribution in [0.2, 0.25) is 0 Å². The van der Waals surface area contributed by atoms with Crippen LogP contribution < -0.4 is 11.1 Å². The highest BCUT2D eigenvalue weighted by Crippen LogP contribution is 2.26. The van der Waals surface area contributed by atoms with Crippen LogP contribution >= 0.6 is 0 Å². The Bertz CT molecular complexity index is 937. The fourth-order valence-electron chi connectivity index (χ4n) is 2.32. The Morgan fingerprint density at radius 2 is 1.80 bits per heavy atom. The van der Waals surface area contributed by atoms with Crippen molar-refractivity contribution in [2.24, 2.45) is 15.7 Å². The molecule has 0 bridgehead atoms. The molecule has 0 saturated carbocycles. The Morgan fingerprint density at radius 3 is 2.52 bits per heavy atom. The second-order valence-electron chi connectivity index (χ2n) is 5.20. The maximum absolute atomic E-state index is 9.18. The number of aromatic nitrogens is 2. The summed E-state index contributed by atoms with van der Waals surface area (Å²) in [6, 6.07) is 17.3. The molecule has 25 heavy (non-hydrogen) atoms. The molecule has 0 aliphatic carbocycles. The number of rotatable bonds is 3. The van der Waals surface area contributed by atoms with E-state index in [1.807, 2.05) is 54.6 Å². The Kier molecular flexibility index (Phi) is 4.96. The van der Waals surface area contributed by atoms with E-state index in [9.17, 15) is 5.11 Å². The highest BCUT2D eigenvalue weighted by Gasteiger charge is 2.09. The fraction of sp³-hybridized carbons (Fsp3) is 0.111. The number of guanidine groups is 1. The molecular formula is C18H18N6O. The van der Waals surface area contributed by atoms with E-state index in [1.165, 1.54) is 0 Å². The predicted octanol–water partition coefficient (Wildman–Crippen LogP) is 1.85. The SMILES string of the molecule is CN=C(CO)NC(N)=Nc1nc(-c2ccccc2)nc2ccccc12. The molecule has 0 radical (unpaired) electrons. The van der Waals surface area contributed by atoms with Crippen molar-refractivity contribution in [3.63, 3.8) is 0 Å². The van der Waals surface area contributed by atoms with E-state index in [4.69, 9.17) is 5.73 Å². The summed E-state index contributed by atoms with van der Waals surface area (Å²) in [6.07, 6.45) is 0. The van der Waals surface area contributed by atoms with Crippen LogP contribution in [-0.2, 0) is 0 Å². The Balaban J connectivity index is 2.10. The van der Waals surface area contributed by atoms with Gasteiger partial charge in [-0.3, -0.25) is 4.99 Å². The van der Waals surface area contributed by atoms with Crippen LogP contribution in [0.15, 0.2) is 64.6 Å². The molecule has 2 aromatic carbocycles. The Hall–Kier alpha value is -3.32. The van der Waals surface area contributed by atoms with Crippen LogP contribution in [0.1, 0.15) is 0 Å². The van der Waals surface area contributed by atoms with E-state index in [1.54, 1.807) is 7.05 Å². The molecule has 3 rings (SSSR count). The summed E-state index contributed by atoms with van der Waals surface area (Å²) in [7, 11) is 1.55. The van der Waals surface area contributed by atoms with Gasteiger partial charge in [0.25, 0.3) is 0 Å². The molecule has 0 aliphatic heterocycles. The average Bonchev–Trinajstić information content (AvgIpc) is 2.66. The van der Waals surface area contributed by atoms with E-state index in [-0.39, 0.29) is 12.6 Å². The maximum atomic E-state index is 9.18. The molecule has 1 aromatic heterocycles. The summed E-state index contributed by atoms with van der Waals surface area (Å²) in [5.41, 5.74) is 7.59. The minimum Gasteiger partial charge on any atom is -0.388 e. The van der Waals surface area contributed by atoms with Crippen molar-refractivity contribution in [2.75, 3.05) is 13.7 Å². The smallest absolute Gasteiger partial charge is 0.200 e. The molecule has 0 fully saturated rings. The molecule has 0 atom stereocenters. The lowest BCUT2D eigenvalue weighted by Crippen LogP contribution is -2.38. The Labute approximate surface area is 145 Å². The largest absolute Gasteiger partial charge is 0.388 e. The topological polar surface area (TPSA) is 109 Å². The van der Waals surface area contributed by atoms with Gasteiger partial charge < -0.3 is 16.2 Å². The molecule has 0 spiro atoms. The molecule has 0 unspecified atom stereocenters. The summed E-state index contributed by atoms with van der Waals surface area (Å²) in [5, 5.41) is 12.7. The third-order valence-corrected chi connectivity index (χ3v) is 3.53. The zero-order valence-electron chi connectivity index (χ0n) is 13.7. The third kappa shape index (κ3) is 3.78. The number of aliphatic hydroxyl groups is 1. The number of fused-ring (bicyclic) bond motifs is 1. The predicted molar refractivity (Wildman–Crippen MR) is 99.8 cm³/mol. The van der Waals surface area contributed by atoms with Crippen LogP contribution in [0.5, 0.6) is 0 Å². The van der Waals surface area contributed by atoms with Gasteiger partial charge in [-0.05, 0) is 12.1 Å². The van der Waals surface area contributed by atoms with Crippen LogP contribution in [0, 0.1) is 0 Å². The minimum absolute atomic E-state index is 0.0949. The van der Waals surface area contributed by atoms with E-state index < -0.39 is 0 Å². The van der Waals surface area contributed by atoms with E-state index >= 15 is 0 Å². The van der Waals surface area contributed by atoms with Crippen molar-refractivity contribution in [1.82, 2.24) is 15.3 Å². The van der Waals surface area contributed by atoms with Crippen molar-refractivity contribution in [3.8, 4) is 11.4 Å². The summed E-state index contributed by atoms with van der Waals surface area (Å²) in [5.74, 6) is 1.43. The number of hydrogen-bond donors (Lipinski definition) is 3. The summed E-state index contributed by atoms with van der Waals surface area (Å²) < 4.78 is 0. The van der Waals surface area contributed by atoms with Crippen LogP contribution in [0.3, 0.4) is 0 Å². The molecule has 7 nitrogen and oxygen atoms in total. The Morgan fingerprint density at radius 1 is 1.08 bits per heavy atom. The number of hydrogen-bond acceptors (Lipinski definition) is 5. The molecular weight excluding hydrogens is 316 g/mol. The second kappa shape index (κ2) is 7.50. The third-order valence-electron chi connectivity index (χ3n) is 3.53. The number of nitrogens with zero attached hydrogens (tertiary/aromatic N) is 4. The molecule has 3 aromatic rings. The molecule has 0 amide bonds. The monoisotopic (exact) mass is 334 g/mol. The van der Waals surface area contributed by atoms with Gasteiger partial charge in [-0.15, -0.1) is 0 Å². The first-order valence-corrected chi connectivity index (χ1v) is 7.71. The first-order valence-electron chi connectivity index (χ1n) is 7.71. The second-order valence-corrected chi connectivity index (χ2v) is 5.20. The van der Waals surface area contributed by atoms with Gasteiger partial charge in [-0.2, -0.15) is 4.99 Å². The molecule has 4 N–H and O–H groups in total. The summed E-state index contributed by atoms with van der Waals surface area (Å²) in [6.45, 7) is -0.257. The lowest BCUT2D eigenvalue weighted by Gasteiger charge is -2.08. The van der Waals surface area contributed by atoms with Crippen molar-refractivity contribution < 1.29 is 5.11 Å². The first-order chi connectivity index (χ1) is 12.2. The highest BCUT2D eigenvalue weighted by molar-refractivity contribution is 6.01. The van der Waals surface area contributed by atoms with Crippen molar-refractivity contribution in [3.05, 3.63) is 54.6 Å². The lowest BCUT2D eigenvalue weighted by atomic mass is 10.2. The van der Waals surface area contributed by atoms with Crippen molar-refractivity contribution >= 4 is 28.5 Å². The maximum Gasteiger partial charge on any atom is 0.200 e. The minimum atomic E-state index is -0.257. The van der Waals surface area contributed by atoms with Crippen molar-refractivity contribution in [2.45, 2.75) is 0 Å². The van der Waals surface area contributed by atoms with Crippen molar-refractivity contribution in [1.29, 1.82) is 0 Å². The zero-order chi connectivity index (χ0) is 17.6. The van der Waals surface area contributed by atoms with Crippen LogP contribution in [-0.4, -0.2) is 40.5 Å². The number of para-hydroxylation sites is 1. The number of benzene rings is 2. The summed E-state index contributed by atoms with van der Waals surface area (Å²) >= 11 is 0. The summed E-state index contributed by atoms with van der Waals surface area (Å²) in [4.78, 5) is 17.4. The van der Waals surface area contributed by atoms with Gasteiger partial charge >= 0.3 is 0 Å². The number of nitrogens with two attached hydrogens (primary N) is 1. The fourth-order valence-corrected chi connectivity index (χ4v) is 2.32. The average molecular weight is 334 g/mol. The quantitative estimate of drug-likeness (QED) is 0.500. The number of aliphatic imine (C=N–C) groups is 2. The van der Waals surface area contributed by atoms with Crippen LogP contribution in [0.4, 0.5) is 5.82 Å². The van der Waals surface area contributed by atoms with Gasteiger partial charge in [-0.1, -0.05) is 42.5 Å². The number of nitrogens with one attached hydrogen (secondary N) is 1. The lowest BCUT2D eigenvalue weighted by molar-refractivity contribution is 0.354. The molecule has 0 aliphatic rings. The van der Waals surface area contributed by atoms with Gasteiger partial charge in [-0.25, -0.2) is 9.97 Å². The van der Waals surface area contributed by atoms with Gasteiger partial charge in [0.1, 0.15) is 12.4 Å². The molecule has 0 saturated heterocycles. The number of amidine groups is 1. The van der Waals surface area contributed by atoms with Gasteiger partial charge in [0.2, 0.25) is 5.96 Å². The van der Waals surface area contributed by atoms with E-state index in [0.717, 1.165) is 16.5 Å². The highest BCUT2D eigenvalue weighted by atomic mass is 16.3. The van der Waals surface area contributed by atoms with E-state index in [2.05, 4.69) is 25.3 Å². The molecule has 1 heterocycles. The number of aliphatic hydroxyl groups excluding tert-OH is 1. The molecule has 126 valence electrons. The van der Waals surface area contributed by atoms with Crippen LogP contribution in [0.25, 0.3) is 22.3 Å². The van der Waals surface area contributed by atoms with E-state index in [0.29, 0.717) is 17.5 Å². The first kappa shape index (κ1) is 16.5. The van der Waals surface area contributed by atoms with Gasteiger partial charge in [0.15, 0.2) is 11.6 Å².